The van der Waals surface area contributed by atoms with Crippen LogP contribution in [0.15, 0.2) is 30.5 Å². The van der Waals surface area contributed by atoms with Crippen LogP contribution in [0.1, 0.15) is 46.1 Å². The van der Waals surface area contributed by atoms with Crippen molar-refractivity contribution in [2.24, 2.45) is 0 Å². The zero-order chi connectivity index (χ0) is 22.3. The maximum atomic E-state index is 13.0. The fourth-order valence-corrected chi connectivity index (χ4v) is 3.16. The number of rotatable bonds is 10. The SMILES string of the molecule is CC(=O)CC[C@H](NC(=O)[C@H](Cc1c[nH]c2ccccc12)NC(C)=O)C(=O)OC(C)C. The molecule has 2 atom stereocenters. The zero-order valence-corrected chi connectivity index (χ0v) is 17.8. The van der Waals surface area contributed by atoms with Crippen LogP contribution in [0.5, 0.6) is 0 Å². The molecule has 0 radical (unpaired) electrons. The van der Waals surface area contributed by atoms with E-state index in [0.717, 1.165) is 16.5 Å². The third-order valence-corrected chi connectivity index (χ3v) is 4.53. The van der Waals surface area contributed by atoms with Gasteiger partial charge in [0, 0.05) is 36.9 Å². The van der Waals surface area contributed by atoms with E-state index in [-0.39, 0.29) is 37.1 Å². The second-order valence-electron chi connectivity index (χ2n) is 7.60. The Hall–Kier alpha value is -3.16. The minimum Gasteiger partial charge on any atom is -0.461 e. The van der Waals surface area contributed by atoms with Crippen molar-refractivity contribution < 1.29 is 23.9 Å². The maximum absolute atomic E-state index is 13.0. The number of carbonyl (C=O) groups excluding carboxylic acids is 4. The minimum absolute atomic E-state index is 0.0937. The number of nitrogens with one attached hydrogen (secondary N) is 3. The Kier molecular flexibility index (Phi) is 8.15. The molecule has 0 aliphatic heterocycles. The number of ether oxygens (including phenoxy) is 1. The van der Waals surface area contributed by atoms with Gasteiger partial charge in [-0.25, -0.2) is 4.79 Å². The number of carbonyl (C=O) groups is 4. The number of hydrogen-bond acceptors (Lipinski definition) is 5. The molecule has 1 heterocycles. The molecule has 2 aromatic rings. The van der Waals surface area contributed by atoms with Gasteiger partial charge in [-0.15, -0.1) is 0 Å². The average molecular weight is 415 g/mol. The highest BCUT2D eigenvalue weighted by molar-refractivity contribution is 5.92. The molecule has 0 bridgehead atoms. The highest BCUT2D eigenvalue weighted by atomic mass is 16.5. The number of esters is 1. The number of aromatic nitrogens is 1. The molecule has 0 fully saturated rings. The van der Waals surface area contributed by atoms with Gasteiger partial charge in [0.2, 0.25) is 11.8 Å². The number of fused-ring (bicyclic) bond motifs is 1. The molecule has 2 amide bonds. The van der Waals surface area contributed by atoms with Crippen LogP contribution in [-0.4, -0.2) is 46.7 Å². The van der Waals surface area contributed by atoms with Crippen molar-refractivity contribution in [3.05, 3.63) is 36.0 Å². The van der Waals surface area contributed by atoms with Gasteiger partial charge < -0.3 is 25.1 Å². The van der Waals surface area contributed by atoms with Crippen LogP contribution < -0.4 is 10.6 Å². The monoisotopic (exact) mass is 415 g/mol. The molecule has 0 aliphatic carbocycles. The molecule has 3 N–H and O–H groups in total. The van der Waals surface area contributed by atoms with Crippen LogP contribution in [0.3, 0.4) is 0 Å². The second kappa shape index (κ2) is 10.6. The average Bonchev–Trinajstić information content (AvgIpc) is 3.06. The lowest BCUT2D eigenvalue weighted by Crippen LogP contribution is -2.52. The largest absolute Gasteiger partial charge is 0.461 e. The summed E-state index contributed by atoms with van der Waals surface area (Å²) in [6.07, 6.45) is 1.95. The lowest BCUT2D eigenvalue weighted by atomic mass is 10.0. The molecule has 0 spiro atoms. The van der Waals surface area contributed by atoms with E-state index in [0.29, 0.717) is 0 Å². The van der Waals surface area contributed by atoms with Gasteiger partial charge in [0.1, 0.15) is 17.9 Å². The summed E-state index contributed by atoms with van der Waals surface area (Å²) in [4.78, 5) is 51.6. The summed E-state index contributed by atoms with van der Waals surface area (Å²) < 4.78 is 5.21. The number of amides is 2. The van der Waals surface area contributed by atoms with Crippen molar-refractivity contribution in [1.29, 1.82) is 0 Å². The summed E-state index contributed by atoms with van der Waals surface area (Å²) in [6.45, 7) is 6.16. The first kappa shape index (κ1) is 23.1. The van der Waals surface area contributed by atoms with Gasteiger partial charge in [-0.2, -0.15) is 0 Å². The van der Waals surface area contributed by atoms with Crippen LogP contribution in [0.2, 0.25) is 0 Å². The number of hydrogen-bond donors (Lipinski definition) is 3. The molecule has 8 nitrogen and oxygen atoms in total. The number of ketones is 1. The standard InChI is InChI=1S/C22H29N3O5/c1-13(2)30-22(29)19(10-9-14(3)26)25-21(28)20(24-15(4)27)11-16-12-23-18-8-6-5-7-17(16)18/h5-8,12-13,19-20,23H,9-11H2,1-4H3,(H,24,27)(H,25,28)/t19-,20-/m0/s1. The van der Waals surface area contributed by atoms with Crippen molar-refractivity contribution in [3.63, 3.8) is 0 Å². The van der Waals surface area contributed by atoms with Crippen LogP contribution in [0, 0.1) is 0 Å². The number of aromatic amines is 1. The van der Waals surface area contributed by atoms with E-state index in [1.54, 1.807) is 20.0 Å². The highest BCUT2D eigenvalue weighted by Gasteiger charge is 2.28. The van der Waals surface area contributed by atoms with Crippen LogP contribution in [0.4, 0.5) is 0 Å². The van der Waals surface area contributed by atoms with E-state index in [4.69, 9.17) is 4.74 Å². The van der Waals surface area contributed by atoms with E-state index in [1.165, 1.54) is 13.8 Å². The molecule has 8 heteroatoms. The molecule has 1 aromatic carbocycles. The van der Waals surface area contributed by atoms with Gasteiger partial charge in [0.15, 0.2) is 0 Å². The van der Waals surface area contributed by atoms with E-state index in [2.05, 4.69) is 15.6 Å². The third-order valence-electron chi connectivity index (χ3n) is 4.53. The number of Topliss-reactive ketones (excluding diaryl/α,β-unsaturated/α-hetero) is 1. The second-order valence-corrected chi connectivity index (χ2v) is 7.60. The van der Waals surface area contributed by atoms with Crippen molar-refractivity contribution in [3.8, 4) is 0 Å². The lowest BCUT2D eigenvalue weighted by molar-refractivity contribution is -0.151. The van der Waals surface area contributed by atoms with Gasteiger partial charge >= 0.3 is 5.97 Å². The number of H-pyrrole nitrogens is 1. The normalized spacial score (nSPS) is 13.0. The molecule has 0 saturated heterocycles. The molecule has 30 heavy (non-hydrogen) atoms. The van der Waals surface area contributed by atoms with E-state index in [9.17, 15) is 19.2 Å². The maximum Gasteiger partial charge on any atom is 0.328 e. The predicted molar refractivity (Wildman–Crippen MR) is 113 cm³/mol. The predicted octanol–water partition coefficient (Wildman–Crippen LogP) is 2.02. The Morgan fingerprint density at radius 1 is 1.03 bits per heavy atom. The first-order chi connectivity index (χ1) is 14.2. The summed E-state index contributed by atoms with van der Waals surface area (Å²) in [7, 11) is 0. The Morgan fingerprint density at radius 2 is 1.73 bits per heavy atom. The van der Waals surface area contributed by atoms with Gasteiger partial charge in [0.25, 0.3) is 0 Å². The molecule has 2 rings (SSSR count). The molecule has 0 aliphatic rings. The van der Waals surface area contributed by atoms with Crippen LogP contribution >= 0.6 is 0 Å². The topological polar surface area (TPSA) is 117 Å². The summed E-state index contributed by atoms with van der Waals surface area (Å²) in [5, 5.41) is 6.25. The fraction of sp³-hybridized carbons (Fsp3) is 0.455. The van der Waals surface area contributed by atoms with Crippen molar-refractivity contribution >= 4 is 34.5 Å². The summed E-state index contributed by atoms with van der Waals surface area (Å²) in [5.74, 6) is -1.57. The first-order valence-corrected chi connectivity index (χ1v) is 9.99. The van der Waals surface area contributed by atoms with Crippen LogP contribution in [-0.2, 0) is 30.3 Å². The highest BCUT2D eigenvalue weighted by Crippen LogP contribution is 2.19. The third kappa shape index (κ3) is 6.72. The fourth-order valence-electron chi connectivity index (χ4n) is 3.16. The van der Waals surface area contributed by atoms with E-state index >= 15 is 0 Å². The Bertz CT molecular complexity index is 918. The van der Waals surface area contributed by atoms with Gasteiger partial charge in [0.05, 0.1) is 6.10 Å². The Balaban J connectivity index is 2.19. The molecule has 162 valence electrons. The summed E-state index contributed by atoms with van der Waals surface area (Å²) in [5.41, 5.74) is 1.79. The molecular formula is C22H29N3O5. The van der Waals surface area contributed by atoms with Gasteiger partial charge in [-0.3, -0.25) is 9.59 Å². The van der Waals surface area contributed by atoms with Gasteiger partial charge in [-0.1, -0.05) is 18.2 Å². The zero-order valence-electron chi connectivity index (χ0n) is 17.8. The van der Waals surface area contributed by atoms with E-state index in [1.807, 2.05) is 24.3 Å². The Labute approximate surface area is 175 Å². The number of benzene rings is 1. The Morgan fingerprint density at radius 3 is 2.37 bits per heavy atom. The molecule has 0 unspecified atom stereocenters. The van der Waals surface area contributed by atoms with Crippen molar-refractivity contribution in [2.45, 2.75) is 65.1 Å². The van der Waals surface area contributed by atoms with Crippen LogP contribution in [0.25, 0.3) is 10.9 Å². The molecule has 0 saturated carbocycles. The first-order valence-electron chi connectivity index (χ1n) is 9.99. The summed E-state index contributed by atoms with van der Waals surface area (Å²) >= 11 is 0. The van der Waals surface area contributed by atoms with Crippen molar-refractivity contribution in [1.82, 2.24) is 15.6 Å². The quantitative estimate of drug-likeness (QED) is 0.513. The molecule has 1 aromatic heterocycles. The smallest absolute Gasteiger partial charge is 0.328 e. The summed E-state index contributed by atoms with van der Waals surface area (Å²) in [6, 6.07) is 5.80. The van der Waals surface area contributed by atoms with Crippen molar-refractivity contribution in [2.75, 3.05) is 0 Å². The number of para-hydroxylation sites is 1. The lowest BCUT2D eigenvalue weighted by Gasteiger charge is -2.23. The van der Waals surface area contributed by atoms with Gasteiger partial charge in [-0.05, 0) is 38.8 Å². The molecular weight excluding hydrogens is 386 g/mol. The minimum atomic E-state index is -0.969. The van der Waals surface area contributed by atoms with E-state index < -0.39 is 24.0 Å².